The molecule has 0 amide bonds. The van der Waals surface area contributed by atoms with Gasteiger partial charge < -0.3 is 10.0 Å². The number of nitrogens with zero attached hydrogens (tertiary/aromatic N) is 1. The van der Waals surface area contributed by atoms with Crippen molar-refractivity contribution in [3.05, 3.63) is 24.3 Å². The Balaban J connectivity index is 2.13. The van der Waals surface area contributed by atoms with Gasteiger partial charge in [-0.05, 0) is 24.3 Å². The van der Waals surface area contributed by atoms with Crippen LogP contribution in [0.15, 0.2) is 29.2 Å². The average molecular weight is 256 g/mol. The summed E-state index contributed by atoms with van der Waals surface area (Å²) in [5.74, 6) is 0. The van der Waals surface area contributed by atoms with Crippen molar-refractivity contribution in [3.63, 3.8) is 0 Å². The van der Waals surface area contributed by atoms with Gasteiger partial charge in [-0.3, -0.25) is 0 Å². The average Bonchev–Trinajstić information content (AvgIpc) is 2.25. The van der Waals surface area contributed by atoms with Gasteiger partial charge in [-0.15, -0.1) is 0 Å². The van der Waals surface area contributed by atoms with E-state index in [1.54, 1.807) is 31.2 Å². The lowest BCUT2D eigenvalue weighted by Gasteiger charge is -2.37. The van der Waals surface area contributed by atoms with Gasteiger partial charge in [-0.2, -0.15) is 0 Å². The van der Waals surface area contributed by atoms with Gasteiger partial charge in [0.05, 0.1) is 11.0 Å². The molecule has 1 aromatic rings. The van der Waals surface area contributed by atoms with Gasteiger partial charge in [0.2, 0.25) is 10.0 Å². The second kappa shape index (κ2) is 4.64. The highest BCUT2D eigenvalue weighted by molar-refractivity contribution is 7.89. The summed E-state index contributed by atoms with van der Waals surface area (Å²) in [6.07, 6.45) is -0.264. The summed E-state index contributed by atoms with van der Waals surface area (Å²) in [7, 11) is -3.37. The predicted octanol–water partition coefficient (Wildman–Crippen LogP) is 0.166. The Morgan fingerprint density at radius 2 is 1.94 bits per heavy atom. The van der Waals surface area contributed by atoms with Crippen molar-refractivity contribution >= 4 is 15.7 Å². The zero-order valence-corrected chi connectivity index (χ0v) is 10.4. The van der Waals surface area contributed by atoms with Gasteiger partial charge in [0.15, 0.2) is 0 Å². The number of hydrogen-bond donors (Lipinski definition) is 2. The van der Waals surface area contributed by atoms with Crippen LogP contribution in [-0.2, 0) is 10.0 Å². The summed E-state index contributed by atoms with van der Waals surface area (Å²) >= 11 is 0. The first-order valence-electron chi connectivity index (χ1n) is 5.55. The standard InChI is InChI=1S/C11H16N2O3S/c1-2-12-17(15,16)11-5-3-9(4-6-11)13-7-10(14)8-13/h3-6,10,12,14H,2,7-8H2,1H3. The number of aliphatic hydroxyl groups excluding tert-OH is 1. The zero-order chi connectivity index (χ0) is 12.5. The number of benzene rings is 1. The van der Waals surface area contributed by atoms with Crippen molar-refractivity contribution in [3.8, 4) is 0 Å². The first kappa shape index (κ1) is 12.3. The molecule has 1 saturated heterocycles. The Hall–Kier alpha value is -1.11. The molecule has 1 fully saturated rings. The van der Waals surface area contributed by atoms with Crippen LogP contribution in [0.4, 0.5) is 5.69 Å². The highest BCUT2D eigenvalue weighted by atomic mass is 32.2. The summed E-state index contributed by atoms with van der Waals surface area (Å²) in [4.78, 5) is 2.26. The Bertz CT molecular complexity index is 478. The molecule has 0 unspecified atom stereocenters. The van der Waals surface area contributed by atoms with Crippen LogP contribution in [-0.4, -0.2) is 39.3 Å². The number of hydrogen-bond acceptors (Lipinski definition) is 4. The van der Waals surface area contributed by atoms with E-state index in [1.165, 1.54) is 0 Å². The fraction of sp³-hybridized carbons (Fsp3) is 0.455. The van der Waals surface area contributed by atoms with Crippen molar-refractivity contribution in [2.24, 2.45) is 0 Å². The number of nitrogens with one attached hydrogen (secondary N) is 1. The van der Waals surface area contributed by atoms with Gasteiger partial charge in [0, 0.05) is 25.3 Å². The second-order valence-corrected chi connectivity index (χ2v) is 5.82. The molecule has 1 aliphatic heterocycles. The molecule has 94 valence electrons. The number of β-amino-alcohol motifs (C(OH)–C–C–N with tert-alkyl or cyclic N) is 1. The molecule has 0 saturated carbocycles. The molecule has 1 heterocycles. The summed E-state index contributed by atoms with van der Waals surface area (Å²) in [5.41, 5.74) is 0.936. The Labute approximate surface area is 101 Å². The van der Waals surface area contributed by atoms with E-state index in [9.17, 15) is 13.5 Å². The van der Waals surface area contributed by atoms with E-state index in [4.69, 9.17) is 0 Å². The molecule has 0 spiro atoms. The van der Waals surface area contributed by atoms with Crippen LogP contribution >= 0.6 is 0 Å². The van der Waals surface area contributed by atoms with Crippen molar-refractivity contribution in [2.75, 3.05) is 24.5 Å². The molecule has 0 radical (unpaired) electrons. The lowest BCUT2D eigenvalue weighted by Crippen LogP contribution is -2.50. The first-order valence-corrected chi connectivity index (χ1v) is 7.04. The van der Waals surface area contributed by atoms with Gasteiger partial charge in [0.25, 0.3) is 0 Å². The van der Waals surface area contributed by atoms with E-state index >= 15 is 0 Å². The topological polar surface area (TPSA) is 69.6 Å². The molecule has 5 nitrogen and oxygen atoms in total. The lowest BCUT2D eigenvalue weighted by molar-refractivity contribution is 0.142. The van der Waals surface area contributed by atoms with Crippen molar-refractivity contribution in [1.82, 2.24) is 4.72 Å². The van der Waals surface area contributed by atoms with Crippen LogP contribution in [0.2, 0.25) is 0 Å². The maximum absolute atomic E-state index is 11.7. The molecule has 1 aromatic carbocycles. The summed E-state index contributed by atoms with van der Waals surface area (Å²) in [6.45, 7) is 3.34. The van der Waals surface area contributed by atoms with E-state index in [-0.39, 0.29) is 11.0 Å². The molecular weight excluding hydrogens is 240 g/mol. The van der Waals surface area contributed by atoms with Crippen LogP contribution in [0.1, 0.15) is 6.92 Å². The summed E-state index contributed by atoms with van der Waals surface area (Å²) in [6, 6.07) is 6.68. The summed E-state index contributed by atoms with van der Waals surface area (Å²) in [5, 5.41) is 9.19. The number of aliphatic hydroxyl groups is 1. The van der Waals surface area contributed by atoms with E-state index in [0.29, 0.717) is 19.6 Å². The third kappa shape index (κ3) is 2.59. The van der Waals surface area contributed by atoms with E-state index in [2.05, 4.69) is 4.72 Å². The van der Waals surface area contributed by atoms with Gasteiger partial charge in [-0.1, -0.05) is 6.92 Å². The third-order valence-electron chi connectivity index (χ3n) is 2.71. The molecule has 0 bridgehead atoms. The van der Waals surface area contributed by atoms with E-state index in [1.807, 2.05) is 4.90 Å². The Morgan fingerprint density at radius 3 is 2.41 bits per heavy atom. The molecular formula is C11H16N2O3S. The smallest absolute Gasteiger partial charge is 0.240 e. The van der Waals surface area contributed by atoms with Crippen LogP contribution < -0.4 is 9.62 Å². The van der Waals surface area contributed by atoms with Crippen LogP contribution in [0.3, 0.4) is 0 Å². The normalized spacial score (nSPS) is 16.9. The van der Waals surface area contributed by atoms with Crippen molar-refractivity contribution in [2.45, 2.75) is 17.9 Å². The molecule has 2 rings (SSSR count). The SMILES string of the molecule is CCNS(=O)(=O)c1ccc(N2CC(O)C2)cc1. The lowest BCUT2D eigenvalue weighted by atomic mass is 10.1. The van der Waals surface area contributed by atoms with Gasteiger partial charge in [-0.25, -0.2) is 13.1 Å². The molecule has 0 atom stereocenters. The number of sulfonamides is 1. The zero-order valence-electron chi connectivity index (χ0n) is 9.63. The van der Waals surface area contributed by atoms with Crippen molar-refractivity contribution < 1.29 is 13.5 Å². The van der Waals surface area contributed by atoms with Gasteiger partial charge in [0.1, 0.15) is 0 Å². The largest absolute Gasteiger partial charge is 0.389 e. The third-order valence-corrected chi connectivity index (χ3v) is 4.27. The monoisotopic (exact) mass is 256 g/mol. The maximum Gasteiger partial charge on any atom is 0.240 e. The summed E-state index contributed by atoms with van der Waals surface area (Å²) < 4.78 is 25.8. The highest BCUT2D eigenvalue weighted by Gasteiger charge is 2.24. The molecule has 0 aromatic heterocycles. The van der Waals surface area contributed by atoms with Crippen LogP contribution in [0.25, 0.3) is 0 Å². The minimum absolute atomic E-state index is 0.264. The molecule has 6 heteroatoms. The fourth-order valence-electron chi connectivity index (χ4n) is 1.78. The van der Waals surface area contributed by atoms with Gasteiger partial charge >= 0.3 is 0 Å². The number of rotatable bonds is 4. The van der Waals surface area contributed by atoms with Crippen LogP contribution in [0.5, 0.6) is 0 Å². The van der Waals surface area contributed by atoms with Crippen LogP contribution in [0, 0.1) is 0 Å². The predicted molar refractivity (Wildman–Crippen MR) is 65.5 cm³/mol. The molecule has 1 aliphatic rings. The highest BCUT2D eigenvalue weighted by Crippen LogP contribution is 2.22. The molecule has 17 heavy (non-hydrogen) atoms. The van der Waals surface area contributed by atoms with E-state index in [0.717, 1.165) is 5.69 Å². The maximum atomic E-state index is 11.7. The van der Waals surface area contributed by atoms with E-state index < -0.39 is 10.0 Å². The minimum Gasteiger partial charge on any atom is -0.389 e. The minimum atomic E-state index is -3.37. The Morgan fingerprint density at radius 1 is 1.35 bits per heavy atom. The van der Waals surface area contributed by atoms with Crippen molar-refractivity contribution in [1.29, 1.82) is 0 Å². The molecule has 2 N–H and O–H groups in total. The second-order valence-electron chi connectivity index (χ2n) is 4.05. The number of anilines is 1. The Kier molecular flexibility index (Phi) is 3.37. The first-order chi connectivity index (χ1) is 8.03. The quantitative estimate of drug-likeness (QED) is 0.805. The molecule has 0 aliphatic carbocycles. The fourth-order valence-corrected chi connectivity index (χ4v) is 2.82.